The van der Waals surface area contributed by atoms with E-state index in [0.29, 0.717) is 11.3 Å². The molecule has 0 radical (unpaired) electrons. The molecule has 4 amide bonds. The van der Waals surface area contributed by atoms with E-state index in [1.807, 2.05) is 43.1 Å². The number of carboxylic acid groups (broad SMARTS) is 1. The van der Waals surface area contributed by atoms with Gasteiger partial charge in [-0.2, -0.15) is 0 Å². The van der Waals surface area contributed by atoms with Gasteiger partial charge in [0, 0.05) is 50.4 Å². The summed E-state index contributed by atoms with van der Waals surface area (Å²) in [6.07, 6.45) is 3.84. The summed E-state index contributed by atoms with van der Waals surface area (Å²) in [5.74, 6) is -2.43. The molecule has 0 saturated carbocycles. The van der Waals surface area contributed by atoms with Crippen molar-refractivity contribution in [3.63, 3.8) is 0 Å². The monoisotopic (exact) mass is 663 g/mol. The van der Waals surface area contributed by atoms with Crippen LogP contribution in [-0.2, 0) is 9.59 Å². The minimum Gasteiger partial charge on any atom is -0.481 e. The standard InChI is InChI=1S/C12H16N2O.C11H13N3O4.C10H12N2O3/c1-10-4-6-11(7-5-10)12(15)13-14-8-2-3-9-14;1-7-2-3-8(9(6-7)14(17)18)11(16)13-5-4-10(12)15;1-7-2-3-8(12-6-7)10(15)11-5-4-9(13)14/h4-7H,2-3,8-9H2,1H3,(H,13,15);2-3,6H,4-5H2,1H3,(H2,12,15)(H,13,16);2-3,6H,4-5H2,1H3,(H,11,15)(H,13,14). The zero-order valence-corrected chi connectivity index (χ0v) is 27.2. The van der Waals surface area contributed by atoms with E-state index in [2.05, 4.69) is 21.0 Å². The van der Waals surface area contributed by atoms with E-state index in [4.69, 9.17) is 10.8 Å². The number of rotatable bonds is 11. The van der Waals surface area contributed by atoms with Crippen LogP contribution in [0.25, 0.3) is 0 Å². The van der Waals surface area contributed by atoms with Crippen LogP contribution >= 0.6 is 0 Å². The Morgan fingerprint density at radius 3 is 1.98 bits per heavy atom. The summed E-state index contributed by atoms with van der Waals surface area (Å²) in [7, 11) is 0. The second kappa shape index (κ2) is 19.7. The fraction of sp³-hybridized carbons (Fsp3) is 0.333. The number of nitrogens with zero attached hydrogens (tertiary/aromatic N) is 3. The van der Waals surface area contributed by atoms with E-state index in [-0.39, 0.29) is 49.0 Å². The number of pyridine rings is 1. The average Bonchev–Trinajstić information content (AvgIpc) is 3.55. The molecule has 0 atom stereocenters. The first-order valence-electron chi connectivity index (χ1n) is 15.1. The molecule has 0 spiro atoms. The maximum atomic E-state index is 11.8. The molecule has 15 nitrogen and oxygen atoms in total. The maximum Gasteiger partial charge on any atom is 0.305 e. The number of hydrogen-bond donors (Lipinski definition) is 5. The van der Waals surface area contributed by atoms with Crippen molar-refractivity contribution in [3.8, 4) is 0 Å². The number of nitrogens with two attached hydrogens (primary N) is 1. The van der Waals surface area contributed by atoms with Gasteiger partial charge in [-0.05, 0) is 69.0 Å². The van der Waals surface area contributed by atoms with Crippen LogP contribution in [0.4, 0.5) is 5.69 Å². The van der Waals surface area contributed by atoms with Crippen molar-refractivity contribution in [2.75, 3.05) is 26.2 Å². The molecule has 1 aliphatic rings. The Morgan fingerprint density at radius 2 is 1.42 bits per heavy atom. The van der Waals surface area contributed by atoms with Gasteiger partial charge >= 0.3 is 5.97 Å². The number of benzene rings is 2. The molecule has 1 aliphatic heterocycles. The zero-order chi connectivity index (χ0) is 35.6. The van der Waals surface area contributed by atoms with Crippen LogP contribution in [0.1, 0.15) is 73.6 Å². The lowest BCUT2D eigenvalue weighted by molar-refractivity contribution is -0.385. The summed E-state index contributed by atoms with van der Waals surface area (Å²) in [6.45, 7) is 7.70. The topological polar surface area (TPSA) is 227 Å². The van der Waals surface area contributed by atoms with E-state index in [9.17, 15) is 34.1 Å². The first-order chi connectivity index (χ1) is 22.8. The highest BCUT2D eigenvalue weighted by atomic mass is 16.6. The first-order valence-corrected chi connectivity index (χ1v) is 15.1. The summed E-state index contributed by atoms with van der Waals surface area (Å²) in [5, 5.41) is 26.0. The Morgan fingerprint density at radius 1 is 0.833 bits per heavy atom. The Kier molecular flexibility index (Phi) is 15.8. The van der Waals surface area contributed by atoms with E-state index in [1.165, 1.54) is 30.5 Å². The largest absolute Gasteiger partial charge is 0.481 e. The molecule has 256 valence electrons. The third-order valence-electron chi connectivity index (χ3n) is 6.70. The van der Waals surface area contributed by atoms with Gasteiger partial charge in [-0.1, -0.05) is 29.8 Å². The molecule has 1 fully saturated rings. The fourth-order valence-electron chi connectivity index (χ4n) is 4.10. The Bertz CT molecular complexity index is 1570. The Labute approximate surface area is 278 Å². The third-order valence-corrected chi connectivity index (χ3v) is 6.70. The second-order valence-electron chi connectivity index (χ2n) is 10.9. The van der Waals surface area contributed by atoms with Gasteiger partial charge in [0.1, 0.15) is 11.3 Å². The maximum absolute atomic E-state index is 11.8. The number of carbonyl (C=O) groups is 5. The molecule has 0 bridgehead atoms. The molecule has 3 aromatic rings. The van der Waals surface area contributed by atoms with Crippen molar-refractivity contribution in [1.82, 2.24) is 26.1 Å². The minimum atomic E-state index is -0.938. The number of amides is 4. The summed E-state index contributed by atoms with van der Waals surface area (Å²) in [5.41, 5.74) is 11.4. The Hall–Kier alpha value is -5.70. The van der Waals surface area contributed by atoms with Gasteiger partial charge in [-0.25, -0.2) is 5.01 Å². The number of aromatic nitrogens is 1. The molecule has 1 saturated heterocycles. The van der Waals surface area contributed by atoms with E-state index >= 15 is 0 Å². The van der Waals surface area contributed by atoms with Gasteiger partial charge in [0.25, 0.3) is 23.4 Å². The number of carbonyl (C=O) groups excluding carboxylic acids is 4. The third kappa shape index (κ3) is 14.2. The van der Waals surface area contributed by atoms with Crippen molar-refractivity contribution in [1.29, 1.82) is 0 Å². The molecule has 2 aromatic carbocycles. The number of primary amides is 1. The van der Waals surface area contributed by atoms with Gasteiger partial charge < -0.3 is 21.5 Å². The molecule has 4 rings (SSSR count). The van der Waals surface area contributed by atoms with E-state index < -0.39 is 22.7 Å². The normalized spacial score (nSPS) is 11.9. The van der Waals surface area contributed by atoms with Crippen LogP contribution < -0.4 is 21.8 Å². The van der Waals surface area contributed by atoms with Gasteiger partial charge in [-0.3, -0.25) is 44.5 Å². The van der Waals surface area contributed by atoms with E-state index in [0.717, 1.165) is 24.2 Å². The molecule has 2 heterocycles. The highest BCUT2D eigenvalue weighted by Crippen LogP contribution is 2.19. The number of nitrogens with one attached hydrogen (secondary N) is 3. The second-order valence-corrected chi connectivity index (χ2v) is 10.9. The van der Waals surface area contributed by atoms with Gasteiger partial charge in [0.05, 0.1) is 11.3 Å². The summed E-state index contributed by atoms with van der Waals surface area (Å²) in [4.78, 5) is 69.6. The number of hydrazine groups is 1. The average molecular weight is 664 g/mol. The summed E-state index contributed by atoms with van der Waals surface area (Å²) < 4.78 is 0. The molecular weight excluding hydrogens is 622 g/mol. The zero-order valence-electron chi connectivity index (χ0n) is 27.2. The molecule has 0 aliphatic carbocycles. The smallest absolute Gasteiger partial charge is 0.305 e. The van der Waals surface area contributed by atoms with Crippen LogP contribution in [0.5, 0.6) is 0 Å². The van der Waals surface area contributed by atoms with Crippen molar-refractivity contribution in [2.24, 2.45) is 5.73 Å². The number of aryl methyl sites for hydroxylation is 3. The van der Waals surface area contributed by atoms with Crippen molar-refractivity contribution in [3.05, 3.63) is 104 Å². The lowest BCUT2D eigenvalue weighted by atomic mass is 10.1. The highest BCUT2D eigenvalue weighted by Gasteiger charge is 2.20. The highest BCUT2D eigenvalue weighted by molar-refractivity contribution is 5.98. The van der Waals surface area contributed by atoms with E-state index in [1.54, 1.807) is 31.3 Å². The number of nitro groups is 1. The minimum absolute atomic E-state index is 0.00287. The quantitative estimate of drug-likeness (QED) is 0.149. The number of hydrogen-bond acceptors (Lipinski definition) is 9. The molecular formula is C33H41N7O8. The van der Waals surface area contributed by atoms with Crippen LogP contribution in [0.2, 0.25) is 0 Å². The molecule has 1 aromatic heterocycles. The number of carboxylic acids is 1. The molecule has 48 heavy (non-hydrogen) atoms. The predicted molar refractivity (Wildman–Crippen MR) is 177 cm³/mol. The van der Waals surface area contributed by atoms with Crippen LogP contribution in [0.3, 0.4) is 0 Å². The first kappa shape index (κ1) is 38.5. The molecule has 0 unspecified atom stereocenters. The summed E-state index contributed by atoms with van der Waals surface area (Å²) >= 11 is 0. The van der Waals surface area contributed by atoms with Crippen molar-refractivity contribution < 1.29 is 34.0 Å². The van der Waals surface area contributed by atoms with Gasteiger partial charge in [0.15, 0.2) is 0 Å². The number of nitro benzene ring substituents is 1. The summed E-state index contributed by atoms with van der Waals surface area (Å²) in [6, 6.07) is 15.3. The van der Waals surface area contributed by atoms with Crippen molar-refractivity contribution in [2.45, 2.75) is 46.5 Å². The lowest BCUT2D eigenvalue weighted by Gasteiger charge is -2.16. The van der Waals surface area contributed by atoms with Crippen LogP contribution in [0, 0.1) is 30.9 Å². The van der Waals surface area contributed by atoms with Gasteiger partial charge in [-0.15, -0.1) is 0 Å². The van der Waals surface area contributed by atoms with Crippen molar-refractivity contribution >= 4 is 35.3 Å². The SMILES string of the molecule is Cc1ccc(C(=O)NCCC(=O)O)nc1.Cc1ccc(C(=O)NCCC(N)=O)c([N+](=O)[O-])c1.Cc1ccc(C(=O)NN2CCCC2)cc1. The number of aliphatic carboxylic acids is 1. The predicted octanol–water partition coefficient (Wildman–Crippen LogP) is 2.84. The van der Waals surface area contributed by atoms with Gasteiger partial charge in [0.2, 0.25) is 5.91 Å². The van der Waals surface area contributed by atoms with Crippen LogP contribution in [-0.4, -0.2) is 75.8 Å². The van der Waals surface area contributed by atoms with Crippen LogP contribution in [0.15, 0.2) is 60.8 Å². The fourth-order valence-corrected chi connectivity index (χ4v) is 4.10. The lowest BCUT2D eigenvalue weighted by Crippen LogP contribution is -2.39. The molecule has 6 N–H and O–H groups in total. The molecule has 15 heteroatoms. The Balaban J connectivity index is 0.000000251.